The summed E-state index contributed by atoms with van der Waals surface area (Å²) >= 11 is 0. The lowest BCUT2D eigenvalue weighted by Gasteiger charge is -2.28. The second-order valence-electron chi connectivity index (χ2n) is 6.62. The lowest BCUT2D eigenvalue weighted by atomic mass is 9.92. The maximum Gasteiger partial charge on any atom is 0.407 e. The van der Waals surface area contributed by atoms with Crippen molar-refractivity contribution in [2.24, 2.45) is 0 Å². The fourth-order valence-corrected chi connectivity index (χ4v) is 3.13. The fraction of sp³-hybridized carbons (Fsp3) is 0.318. The first-order valence-electron chi connectivity index (χ1n) is 8.85. The molecule has 0 aliphatic carbocycles. The van der Waals surface area contributed by atoms with Gasteiger partial charge >= 0.3 is 6.09 Å². The van der Waals surface area contributed by atoms with Crippen molar-refractivity contribution in [3.63, 3.8) is 0 Å². The number of halogens is 1. The Balaban J connectivity index is 2.12. The Labute approximate surface area is 154 Å². The zero-order valence-electron chi connectivity index (χ0n) is 15.4. The molecule has 2 aromatic carbocycles. The minimum absolute atomic E-state index is 0.111. The molecule has 1 amide bonds. The molecule has 0 aliphatic rings. The van der Waals surface area contributed by atoms with E-state index in [4.69, 9.17) is 0 Å². The molecule has 2 atom stereocenters. The Morgan fingerprint density at radius 1 is 1.15 bits per heavy atom. The molecule has 2 rings (SSSR count). The Hall–Kier alpha value is -2.62. The monoisotopic (exact) mass is 355 g/mol. The van der Waals surface area contributed by atoms with Crippen molar-refractivity contribution in [3.8, 4) is 0 Å². The Bertz CT molecular complexity index is 725. The largest absolute Gasteiger partial charge is 0.465 e. The first-order chi connectivity index (χ1) is 12.4. The van der Waals surface area contributed by atoms with Crippen molar-refractivity contribution in [3.05, 3.63) is 83.7 Å². The molecule has 26 heavy (non-hydrogen) atoms. The predicted molar refractivity (Wildman–Crippen MR) is 103 cm³/mol. The average Bonchev–Trinajstić information content (AvgIpc) is 2.62. The van der Waals surface area contributed by atoms with Crippen LogP contribution in [-0.4, -0.2) is 22.6 Å². The number of aryl methyl sites for hydroxylation is 1. The maximum atomic E-state index is 13.2. The first-order valence-corrected chi connectivity index (χ1v) is 8.85. The van der Waals surface area contributed by atoms with Gasteiger partial charge < -0.3 is 10.0 Å². The predicted octanol–water partition coefficient (Wildman–Crippen LogP) is 5.93. The number of nitrogens with zero attached hydrogens (tertiary/aromatic N) is 1. The third-order valence-electron chi connectivity index (χ3n) is 4.78. The highest BCUT2D eigenvalue weighted by Crippen LogP contribution is 2.27. The quantitative estimate of drug-likeness (QED) is 0.597. The van der Waals surface area contributed by atoms with Crippen LogP contribution in [0.25, 0.3) is 0 Å². The number of amides is 1. The SMILES string of the molecule is C=CC[C@@H](CCN(C(=O)O)[C@@H](C)c1ccc(C)cc1)c1ccc(F)cc1. The van der Waals surface area contributed by atoms with Gasteiger partial charge in [-0.25, -0.2) is 9.18 Å². The van der Waals surface area contributed by atoms with Crippen LogP contribution < -0.4 is 0 Å². The van der Waals surface area contributed by atoms with Gasteiger partial charge in [-0.2, -0.15) is 0 Å². The van der Waals surface area contributed by atoms with Crippen LogP contribution in [0.1, 0.15) is 48.4 Å². The van der Waals surface area contributed by atoms with E-state index >= 15 is 0 Å². The Morgan fingerprint density at radius 2 is 1.73 bits per heavy atom. The number of rotatable bonds is 8. The van der Waals surface area contributed by atoms with Gasteiger partial charge in [-0.15, -0.1) is 6.58 Å². The summed E-state index contributed by atoms with van der Waals surface area (Å²) in [6, 6.07) is 14.1. The minimum Gasteiger partial charge on any atom is -0.465 e. The zero-order valence-corrected chi connectivity index (χ0v) is 15.4. The second kappa shape index (κ2) is 9.18. The summed E-state index contributed by atoms with van der Waals surface area (Å²) in [7, 11) is 0. The molecule has 0 bridgehead atoms. The molecule has 2 aromatic rings. The van der Waals surface area contributed by atoms with Gasteiger partial charge in [-0.1, -0.05) is 48.0 Å². The summed E-state index contributed by atoms with van der Waals surface area (Å²) in [6.45, 7) is 8.10. The molecule has 0 unspecified atom stereocenters. The lowest BCUT2D eigenvalue weighted by Crippen LogP contribution is -2.33. The van der Waals surface area contributed by atoms with Gasteiger partial charge in [-0.3, -0.25) is 0 Å². The number of allylic oxidation sites excluding steroid dienone is 1. The number of hydrogen-bond acceptors (Lipinski definition) is 1. The van der Waals surface area contributed by atoms with Gasteiger partial charge in [0.15, 0.2) is 0 Å². The highest BCUT2D eigenvalue weighted by Gasteiger charge is 2.22. The smallest absolute Gasteiger partial charge is 0.407 e. The van der Waals surface area contributed by atoms with Gasteiger partial charge in [0.1, 0.15) is 5.82 Å². The van der Waals surface area contributed by atoms with E-state index in [2.05, 4.69) is 6.58 Å². The average molecular weight is 355 g/mol. The third-order valence-corrected chi connectivity index (χ3v) is 4.78. The molecule has 0 aliphatic heterocycles. The maximum absolute atomic E-state index is 13.2. The van der Waals surface area contributed by atoms with Crippen molar-refractivity contribution in [2.45, 2.75) is 38.6 Å². The van der Waals surface area contributed by atoms with Gasteiger partial charge in [0.25, 0.3) is 0 Å². The van der Waals surface area contributed by atoms with E-state index in [1.54, 1.807) is 12.1 Å². The molecule has 0 spiro atoms. The summed E-state index contributed by atoms with van der Waals surface area (Å²) in [6.07, 6.45) is 2.26. The van der Waals surface area contributed by atoms with Gasteiger partial charge in [0, 0.05) is 6.54 Å². The van der Waals surface area contributed by atoms with Crippen LogP contribution in [-0.2, 0) is 0 Å². The Morgan fingerprint density at radius 3 is 2.27 bits per heavy atom. The Kier molecular flexibility index (Phi) is 6.96. The first kappa shape index (κ1) is 19.7. The summed E-state index contributed by atoms with van der Waals surface area (Å²) in [4.78, 5) is 13.3. The topological polar surface area (TPSA) is 40.5 Å². The second-order valence-corrected chi connectivity index (χ2v) is 6.62. The van der Waals surface area contributed by atoms with Crippen LogP contribution in [0.2, 0.25) is 0 Å². The summed E-state index contributed by atoms with van der Waals surface area (Å²) in [5, 5.41) is 9.67. The number of carboxylic acid groups (broad SMARTS) is 1. The zero-order chi connectivity index (χ0) is 19.1. The van der Waals surface area contributed by atoms with E-state index < -0.39 is 6.09 Å². The van der Waals surface area contributed by atoms with Gasteiger partial charge in [0.2, 0.25) is 0 Å². The molecule has 0 fully saturated rings. The van der Waals surface area contributed by atoms with Crippen LogP contribution in [0.3, 0.4) is 0 Å². The van der Waals surface area contributed by atoms with Crippen LogP contribution in [0.5, 0.6) is 0 Å². The van der Waals surface area contributed by atoms with E-state index in [0.717, 1.165) is 23.1 Å². The van der Waals surface area contributed by atoms with E-state index in [1.165, 1.54) is 17.0 Å². The summed E-state index contributed by atoms with van der Waals surface area (Å²) < 4.78 is 13.2. The molecule has 3 nitrogen and oxygen atoms in total. The molecule has 0 aromatic heterocycles. The fourth-order valence-electron chi connectivity index (χ4n) is 3.13. The van der Waals surface area contributed by atoms with Crippen LogP contribution in [0, 0.1) is 12.7 Å². The highest BCUT2D eigenvalue weighted by atomic mass is 19.1. The summed E-state index contributed by atoms with van der Waals surface area (Å²) in [5.74, 6) is -0.161. The van der Waals surface area contributed by atoms with Gasteiger partial charge in [-0.05, 0) is 55.9 Å². The van der Waals surface area contributed by atoms with Crippen LogP contribution in [0.15, 0.2) is 61.2 Å². The molecule has 0 heterocycles. The van der Waals surface area contributed by atoms with Crippen molar-refractivity contribution >= 4 is 6.09 Å². The van der Waals surface area contributed by atoms with E-state index in [1.807, 2.05) is 44.2 Å². The molecule has 0 saturated carbocycles. The lowest BCUT2D eigenvalue weighted by molar-refractivity contribution is 0.126. The molecule has 0 radical (unpaired) electrons. The third kappa shape index (κ3) is 5.19. The number of carbonyl (C=O) groups is 1. The van der Waals surface area contributed by atoms with E-state index in [0.29, 0.717) is 13.0 Å². The molecule has 1 N–H and O–H groups in total. The van der Waals surface area contributed by atoms with Crippen molar-refractivity contribution in [1.82, 2.24) is 4.90 Å². The van der Waals surface area contributed by atoms with Crippen molar-refractivity contribution < 1.29 is 14.3 Å². The highest BCUT2D eigenvalue weighted by molar-refractivity contribution is 5.65. The van der Waals surface area contributed by atoms with Gasteiger partial charge in [0.05, 0.1) is 6.04 Å². The van der Waals surface area contributed by atoms with E-state index in [9.17, 15) is 14.3 Å². The van der Waals surface area contributed by atoms with Crippen LogP contribution >= 0.6 is 0 Å². The molecule has 138 valence electrons. The van der Waals surface area contributed by atoms with Crippen molar-refractivity contribution in [1.29, 1.82) is 0 Å². The molecule has 4 heteroatoms. The molecular weight excluding hydrogens is 329 g/mol. The van der Waals surface area contributed by atoms with Crippen molar-refractivity contribution in [2.75, 3.05) is 6.54 Å². The molecule has 0 saturated heterocycles. The summed E-state index contributed by atoms with van der Waals surface area (Å²) in [5.41, 5.74) is 3.12. The minimum atomic E-state index is -0.936. The normalized spacial score (nSPS) is 13.0. The standard InChI is InChI=1S/C22H26FNO2/c1-4-5-19(20-10-12-21(23)13-11-20)14-15-24(22(25)26)17(3)18-8-6-16(2)7-9-18/h4,6-13,17,19H,1,5,14-15H2,2-3H3,(H,25,26)/t17-,19-/m0/s1. The number of hydrogen-bond donors (Lipinski definition) is 1. The van der Waals surface area contributed by atoms with Crippen LogP contribution in [0.4, 0.5) is 9.18 Å². The number of benzene rings is 2. The molecular formula is C22H26FNO2. The van der Waals surface area contributed by atoms with E-state index in [-0.39, 0.29) is 17.8 Å².